The molecule has 0 unspecified atom stereocenters. The van der Waals surface area contributed by atoms with E-state index in [0.29, 0.717) is 42.2 Å². The second-order valence-electron chi connectivity index (χ2n) is 6.04. The van der Waals surface area contributed by atoms with E-state index in [9.17, 15) is 9.18 Å². The molecule has 0 saturated carbocycles. The molecule has 1 aromatic carbocycles. The summed E-state index contributed by atoms with van der Waals surface area (Å²) in [4.78, 5) is 17.0. The second kappa shape index (κ2) is 8.01. The molecule has 1 N–H and O–H groups in total. The molecule has 0 amide bonds. The lowest BCUT2D eigenvalue weighted by Gasteiger charge is -2.23. The molecule has 0 saturated heterocycles. The fraction of sp³-hybridized carbons (Fsp3) is 0.471. The van der Waals surface area contributed by atoms with Crippen LogP contribution in [0, 0.1) is 12.7 Å². The first kappa shape index (κ1) is 18.1. The lowest BCUT2D eigenvalue weighted by atomic mass is 10.1. The van der Waals surface area contributed by atoms with E-state index in [1.807, 2.05) is 18.7 Å². The van der Waals surface area contributed by atoms with Crippen molar-refractivity contribution in [2.24, 2.45) is 0 Å². The van der Waals surface area contributed by atoms with Crippen LogP contribution in [0.1, 0.15) is 31.7 Å². The number of aliphatic carboxylic acids is 1. The van der Waals surface area contributed by atoms with Crippen LogP contribution in [0.2, 0.25) is 0 Å². The average Bonchev–Trinajstić information content (AvgIpc) is 2.97. The van der Waals surface area contributed by atoms with E-state index in [1.165, 1.54) is 6.07 Å². The molecule has 2 rings (SSSR count). The summed E-state index contributed by atoms with van der Waals surface area (Å²) in [5, 5.41) is 12.8. The third-order valence-electron chi connectivity index (χ3n) is 3.80. The molecule has 7 heteroatoms. The third-order valence-corrected chi connectivity index (χ3v) is 3.80. The van der Waals surface area contributed by atoms with Crippen LogP contribution in [0.25, 0.3) is 11.4 Å². The van der Waals surface area contributed by atoms with E-state index >= 15 is 0 Å². The first-order valence-corrected chi connectivity index (χ1v) is 7.91. The predicted molar refractivity (Wildman–Crippen MR) is 87.1 cm³/mol. The number of nitrogens with zero attached hydrogens (tertiary/aromatic N) is 3. The smallest absolute Gasteiger partial charge is 0.317 e. The minimum absolute atomic E-state index is 0.00932. The first-order valence-electron chi connectivity index (χ1n) is 7.91. The minimum Gasteiger partial charge on any atom is -0.480 e. The zero-order valence-electron chi connectivity index (χ0n) is 14.1. The highest BCUT2D eigenvalue weighted by Crippen LogP contribution is 2.19. The van der Waals surface area contributed by atoms with E-state index in [2.05, 4.69) is 10.1 Å². The van der Waals surface area contributed by atoms with Gasteiger partial charge in [-0.15, -0.1) is 0 Å². The van der Waals surface area contributed by atoms with Crippen LogP contribution in [0.15, 0.2) is 22.7 Å². The zero-order chi connectivity index (χ0) is 17.7. The number of carboxylic acid groups (broad SMARTS) is 1. The SMILES string of the molecule is Cc1ccc(-c2noc(CCCN(CC(=O)O)C(C)C)n2)cc1F. The van der Waals surface area contributed by atoms with Gasteiger partial charge in [-0.2, -0.15) is 4.98 Å². The van der Waals surface area contributed by atoms with Gasteiger partial charge in [0.05, 0.1) is 6.54 Å². The maximum atomic E-state index is 13.6. The summed E-state index contributed by atoms with van der Waals surface area (Å²) in [7, 11) is 0. The van der Waals surface area contributed by atoms with Crippen molar-refractivity contribution >= 4 is 5.97 Å². The first-order chi connectivity index (χ1) is 11.4. The van der Waals surface area contributed by atoms with Crippen LogP contribution in [-0.2, 0) is 11.2 Å². The molecule has 6 nitrogen and oxygen atoms in total. The van der Waals surface area contributed by atoms with Gasteiger partial charge in [0.15, 0.2) is 0 Å². The number of benzene rings is 1. The van der Waals surface area contributed by atoms with Gasteiger partial charge in [-0.25, -0.2) is 4.39 Å². The number of aromatic nitrogens is 2. The largest absolute Gasteiger partial charge is 0.480 e. The molecule has 0 spiro atoms. The molecule has 24 heavy (non-hydrogen) atoms. The molecule has 0 aliphatic carbocycles. The fourth-order valence-electron chi connectivity index (χ4n) is 2.33. The van der Waals surface area contributed by atoms with Gasteiger partial charge >= 0.3 is 5.97 Å². The topological polar surface area (TPSA) is 79.5 Å². The van der Waals surface area contributed by atoms with Crippen LogP contribution in [0.4, 0.5) is 4.39 Å². The number of hydrogen-bond acceptors (Lipinski definition) is 5. The molecule has 0 fully saturated rings. The van der Waals surface area contributed by atoms with Gasteiger partial charge in [-0.05, 0) is 45.4 Å². The van der Waals surface area contributed by atoms with Gasteiger partial charge in [0.25, 0.3) is 0 Å². The Morgan fingerprint density at radius 2 is 2.17 bits per heavy atom. The van der Waals surface area contributed by atoms with E-state index in [1.54, 1.807) is 19.1 Å². The van der Waals surface area contributed by atoms with E-state index in [4.69, 9.17) is 9.63 Å². The highest BCUT2D eigenvalue weighted by atomic mass is 19.1. The zero-order valence-corrected chi connectivity index (χ0v) is 14.1. The number of aryl methyl sites for hydroxylation is 2. The lowest BCUT2D eigenvalue weighted by molar-refractivity contribution is -0.138. The quantitative estimate of drug-likeness (QED) is 0.799. The van der Waals surface area contributed by atoms with Crippen molar-refractivity contribution in [1.82, 2.24) is 15.0 Å². The number of hydrogen-bond donors (Lipinski definition) is 1. The lowest BCUT2D eigenvalue weighted by Crippen LogP contribution is -2.36. The number of carbonyl (C=O) groups is 1. The van der Waals surface area contributed by atoms with Gasteiger partial charge in [-0.1, -0.05) is 17.3 Å². The van der Waals surface area contributed by atoms with Crippen molar-refractivity contribution in [2.45, 2.75) is 39.7 Å². The highest BCUT2D eigenvalue weighted by molar-refractivity contribution is 5.69. The summed E-state index contributed by atoms with van der Waals surface area (Å²) in [6, 6.07) is 4.96. The highest BCUT2D eigenvalue weighted by Gasteiger charge is 2.14. The van der Waals surface area contributed by atoms with Crippen molar-refractivity contribution < 1.29 is 18.8 Å². The molecular formula is C17H22FN3O3. The standard InChI is InChI=1S/C17H22FN3O3/c1-11(2)21(10-16(22)23)8-4-5-15-19-17(20-24-15)13-7-6-12(3)14(18)9-13/h6-7,9,11H,4-5,8,10H2,1-3H3,(H,22,23). The van der Waals surface area contributed by atoms with Gasteiger partial charge in [0.2, 0.25) is 11.7 Å². The van der Waals surface area contributed by atoms with Crippen LogP contribution in [-0.4, -0.2) is 45.2 Å². The van der Waals surface area contributed by atoms with Crippen molar-refractivity contribution in [3.63, 3.8) is 0 Å². The molecule has 0 atom stereocenters. The Morgan fingerprint density at radius 1 is 1.42 bits per heavy atom. The maximum Gasteiger partial charge on any atom is 0.317 e. The Kier molecular flexibility index (Phi) is 6.03. The molecule has 0 radical (unpaired) electrons. The predicted octanol–water partition coefficient (Wildman–Crippen LogP) is 2.91. The van der Waals surface area contributed by atoms with Crippen LogP contribution >= 0.6 is 0 Å². The molecule has 0 aliphatic rings. The summed E-state index contributed by atoms with van der Waals surface area (Å²) < 4.78 is 18.8. The molecule has 1 heterocycles. The van der Waals surface area contributed by atoms with Gasteiger partial charge < -0.3 is 9.63 Å². The second-order valence-corrected chi connectivity index (χ2v) is 6.04. The van der Waals surface area contributed by atoms with Gasteiger partial charge in [-0.3, -0.25) is 9.69 Å². The molecule has 130 valence electrons. The summed E-state index contributed by atoms with van der Waals surface area (Å²) in [5.41, 5.74) is 1.14. The van der Waals surface area contributed by atoms with Crippen molar-refractivity contribution in [3.05, 3.63) is 35.5 Å². The molecule has 1 aromatic heterocycles. The Morgan fingerprint density at radius 3 is 2.79 bits per heavy atom. The maximum absolute atomic E-state index is 13.6. The monoisotopic (exact) mass is 335 g/mol. The Labute approximate surface area is 140 Å². The fourth-order valence-corrected chi connectivity index (χ4v) is 2.33. The summed E-state index contributed by atoms with van der Waals surface area (Å²) in [6.07, 6.45) is 1.25. The molecule has 2 aromatic rings. The summed E-state index contributed by atoms with van der Waals surface area (Å²) in [5.74, 6) is -0.328. The van der Waals surface area contributed by atoms with Crippen molar-refractivity contribution in [3.8, 4) is 11.4 Å². The molecular weight excluding hydrogens is 313 g/mol. The van der Waals surface area contributed by atoms with Crippen LogP contribution < -0.4 is 0 Å². The van der Waals surface area contributed by atoms with Gasteiger partial charge in [0, 0.05) is 18.0 Å². The van der Waals surface area contributed by atoms with Gasteiger partial charge in [0.1, 0.15) is 5.82 Å². The van der Waals surface area contributed by atoms with E-state index in [-0.39, 0.29) is 18.4 Å². The Bertz CT molecular complexity index is 700. The summed E-state index contributed by atoms with van der Waals surface area (Å²) >= 11 is 0. The van der Waals surface area contributed by atoms with Crippen molar-refractivity contribution in [1.29, 1.82) is 0 Å². The van der Waals surface area contributed by atoms with Crippen molar-refractivity contribution in [2.75, 3.05) is 13.1 Å². The normalized spacial score (nSPS) is 11.4. The third kappa shape index (κ3) is 4.86. The average molecular weight is 335 g/mol. The Balaban J connectivity index is 1.94. The Hall–Kier alpha value is -2.28. The number of halogens is 1. The number of carboxylic acids is 1. The number of rotatable bonds is 8. The van der Waals surface area contributed by atoms with E-state index in [0.717, 1.165) is 0 Å². The van der Waals surface area contributed by atoms with Crippen LogP contribution in [0.3, 0.4) is 0 Å². The molecule has 0 aliphatic heterocycles. The minimum atomic E-state index is -0.842. The summed E-state index contributed by atoms with van der Waals surface area (Å²) in [6.45, 7) is 6.24. The van der Waals surface area contributed by atoms with E-state index < -0.39 is 5.97 Å². The van der Waals surface area contributed by atoms with Crippen LogP contribution in [0.5, 0.6) is 0 Å². The molecule has 0 bridgehead atoms.